The molecule has 0 fully saturated rings. The summed E-state index contributed by atoms with van der Waals surface area (Å²) in [5.74, 6) is 2.29. The van der Waals surface area contributed by atoms with Gasteiger partial charge >= 0.3 is 0 Å². The molecule has 102 valence electrons. The van der Waals surface area contributed by atoms with Gasteiger partial charge in [-0.05, 0) is 31.6 Å². The van der Waals surface area contributed by atoms with E-state index in [1.54, 1.807) is 0 Å². The van der Waals surface area contributed by atoms with Gasteiger partial charge in [0.25, 0.3) is 0 Å². The highest BCUT2D eigenvalue weighted by Gasteiger charge is 2.16. The topological polar surface area (TPSA) is 39.7 Å². The van der Waals surface area contributed by atoms with Crippen LogP contribution >= 0.6 is 0 Å². The molecule has 0 unspecified atom stereocenters. The molecule has 0 amide bonds. The number of benzene rings is 1. The molecule has 2 rings (SSSR count). The van der Waals surface area contributed by atoms with Gasteiger partial charge in [-0.2, -0.15) is 0 Å². The predicted molar refractivity (Wildman–Crippen MR) is 66.1 cm³/mol. The molecule has 0 atom stereocenters. The van der Waals surface area contributed by atoms with Crippen LogP contribution in [-0.4, -0.2) is 32.9 Å². The van der Waals surface area contributed by atoms with Crippen LogP contribution in [0.15, 0.2) is 18.2 Å². The third-order valence-electron chi connectivity index (χ3n) is 2.54. The Balaban J connectivity index is 0.00000162. The second-order valence-electron chi connectivity index (χ2n) is 3.84. The lowest BCUT2D eigenvalue weighted by atomic mass is 10.3. The van der Waals surface area contributed by atoms with Gasteiger partial charge in [0.05, 0.1) is 6.61 Å². The molecular formula is C13H19ClNO3-. The van der Waals surface area contributed by atoms with Crippen molar-refractivity contribution in [1.82, 2.24) is 5.32 Å². The normalized spacial score (nSPS) is 12.7. The zero-order valence-electron chi connectivity index (χ0n) is 10.6. The van der Waals surface area contributed by atoms with Crippen LogP contribution in [-0.2, 0) is 0 Å². The first-order valence-corrected chi connectivity index (χ1v) is 6.14. The Bertz CT molecular complexity index is 360. The quantitative estimate of drug-likeness (QED) is 0.664. The molecule has 1 aromatic rings. The number of para-hydroxylation sites is 1. The van der Waals surface area contributed by atoms with E-state index in [4.69, 9.17) is 14.2 Å². The van der Waals surface area contributed by atoms with E-state index in [1.165, 1.54) is 0 Å². The highest BCUT2D eigenvalue weighted by Crippen LogP contribution is 2.38. The smallest absolute Gasteiger partial charge is 0.203 e. The summed E-state index contributed by atoms with van der Waals surface area (Å²) in [6, 6.07) is 5.74. The van der Waals surface area contributed by atoms with E-state index in [9.17, 15) is 0 Å². The second-order valence-corrected chi connectivity index (χ2v) is 3.84. The average Bonchev–Trinajstić information content (AvgIpc) is 2.39. The van der Waals surface area contributed by atoms with E-state index in [-0.39, 0.29) is 12.4 Å². The molecule has 5 heteroatoms. The molecule has 0 saturated heterocycles. The van der Waals surface area contributed by atoms with Crippen molar-refractivity contribution in [1.29, 1.82) is 0 Å². The van der Waals surface area contributed by atoms with Gasteiger partial charge in [-0.15, -0.1) is 0 Å². The largest absolute Gasteiger partial charge is 1.00 e. The zero-order valence-corrected chi connectivity index (χ0v) is 11.3. The summed E-state index contributed by atoms with van der Waals surface area (Å²) < 4.78 is 16.8. The molecule has 1 heterocycles. The van der Waals surface area contributed by atoms with Crippen LogP contribution in [0.3, 0.4) is 0 Å². The second kappa shape index (κ2) is 8.06. The van der Waals surface area contributed by atoms with Crippen molar-refractivity contribution in [2.75, 3.05) is 32.9 Å². The molecule has 0 bridgehead atoms. The van der Waals surface area contributed by atoms with Crippen LogP contribution in [0.1, 0.15) is 13.3 Å². The monoisotopic (exact) mass is 272 g/mol. The Kier molecular flexibility index (Phi) is 6.68. The first-order valence-electron chi connectivity index (χ1n) is 6.14. The van der Waals surface area contributed by atoms with Gasteiger partial charge in [0.1, 0.15) is 13.2 Å². The van der Waals surface area contributed by atoms with E-state index in [0.717, 1.165) is 36.8 Å². The maximum Gasteiger partial charge on any atom is 0.203 e. The van der Waals surface area contributed by atoms with Gasteiger partial charge in [-0.3, -0.25) is 0 Å². The van der Waals surface area contributed by atoms with E-state index in [2.05, 4.69) is 12.2 Å². The molecule has 1 aromatic carbocycles. The fraction of sp³-hybridized carbons (Fsp3) is 0.538. The maximum absolute atomic E-state index is 5.71. The Morgan fingerprint density at radius 2 is 2.11 bits per heavy atom. The van der Waals surface area contributed by atoms with Crippen molar-refractivity contribution in [2.24, 2.45) is 0 Å². The summed E-state index contributed by atoms with van der Waals surface area (Å²) in [6.07, 6.45) is 0.984. The molecule has 1 aliphatic rings. The number of halogens is 1. The van der Waals surface area contributed by atoms with Gasteiger partial charge in [0.15, 0.2) is 11.5 Å². The summed E-state index contributed by atoms with van der Waals surface area (Å²) in [6.45, 7) is 5.95. The third-order valence-corrected chi connectivity index (χ3v) is 2.54. The minimum Gasteiger partial charge on any atom is -1.00 e. The van der Waals surface area contributed by atoms with E-state index >= 15 is 0 Å². The Hall–Kier alpha value is -1.13. The fourth-order valence-electron chi connectivity index (χ4n) is 1.72. The van der Waals surface area contributed by atoms with Crippen molar-refractivity contribution < 1.29 is 26.6 Å². The molecule has 0 spiro atoms. The van der Waals surface area contributed by atoms with Crippen LogP contribution in [0.2, 0.25) is 0 Å². The number of hydrogen-bond donors (Lipinski definition) is 1. The maximum atomic E-state index is 5.71. The third kappa shape index (κ3) is 3.96. The van der Waals surface area contributed by atoms with Gasteiger partial charge in [0, 0.05) is 0 Å². The molecule has 4 nitrogen and oxygen atoms in total. The first-order chi connectivity index (χ1) is 8.42. The Morgan fingerprint density at radius 1 is 1.28 bits per heavy atom. The van der Waals surface area contributed by atoms with Crippen molar-refractivity contribution in [3.8, 4) is 17.2 Å². The number of hydrogen-bond acceptors (Lipinski definition) is 4. The molecule has 0 radical (unpaired) electrons. The van der Waals surface area contributed by atoms with Crippen LogP contribution in [0.25, 0.3) is 0 Å². The van der Waals surface area contributed by atoms with Crippen molar-refractivity contribution in [3.63, 3.8) is 0 Å². The summed E-state index contributed by atoms with van der Waals surface area (Å²) in [7, 11) is 0. The zero-order chi connectivity index (χ0) is 11.9. The van der Waals surface area contributed by atoms with Crippen LogP contribution in [0, 0.1) is 0 Å². The van der Waals surface area contributed by atoms with Gasteiger partial charge in [0.2, 0.25) is 5.75 Å². The minimum absolute atomic E-state index is 0. The highest BCUT2D eigenvalue weighted by atomic mass is 35.5. The lowest BCUT2D eigenvalue weighted by molar-refractivity contribution is -0.00000460. The molecule has 0 aliphatic carbocycles. The number of nitrogens with one attached hydrogen (secondary N) is 1. The summed E-state index contributed by atoms with van der Waals surface area (Å²) in [4.78, 5) is 0. The van der Waals surface area contributed by atoms with Crippen molar-refractivity contribution >= 4 is 0 Å². The summed E-state index contributed by atoms with van der Waals surface area (Å²) in [5.41, 5.74) is 0. The molecule has 0 aromatic heterocycles. The van der Waals surface area contributed by atoms with Crippen LogP contribution in [0.5, 0.6) is 17.2 Å². The molecule has 0 saturated carbocycles. The molecular weight excluding hydrogens is 254 g/mol. The van der Waals surface area contributed by atoms with Crippen molar-refractivity contribution in [2.45, 2.75) is 13.3 Å². The first kappa shape index (κ1) is 14.9. The van der Waals surface area contributed by atoms with E-state index in [1.807, 2.05) is 18.2 Å². The predicted octanol–water partition coefficient (Wildman–Crippen LogP) is -1.16. The van der Waals surface area contributed by atoms with E-state index < -0.39 is 0 Å². The van der Waals surface area contributed by atoms with E-state index in [0.29, 0.717) is 19.8 Å². The SMILES string of the molecule is CCNCCCOc1cccc2c1OCCO2.[Cl-]. The average molecular weight is 273 g/mol. The van der Waals surface area contributed by atoms with Crippen molar-refractivity contribution in [3.05, 3.63) is 18.2 Å². The summed E-state index contributed by atoms with van der Waals surface area (Å²) in [5, 5.41) is 3.26. The van der Waals surface area contributed by atoms with Crippen LogP contribution in [0.4, 0.5) is 0 Å². The lowest BCUT2D eigenvalue weighted by Crippen LogP contribution is -3.00. The number of fused-ring (bicyclic) bond motifs is 1. The van der Waals surface area contributed by atoms with Gasteiger partial charge < -0.3 is 31.9 Å². The summed E-state index contributed by atoms with van der Waals surface area (Å²) >= 11 is 0. The minimum atomic E-state index is 0. The fourth-order valence-corrected chi connectivity index (χ4v) is 1.72. The Labute approximate surface area is 114 Å². The molecule has 18 heavy (non-hydrogen) atoms. The molecule has 1 aliphatic heterocycles. The van der Waals surface area contributed by atoms with Crippen LogP contribution < -0.4 is 31.9 Å². The molecule has 1 N–H and O–H groups in total. The Morgan fingerprint density at radius 3 is 2.94 bits per heavy atom. The van der Waals surface area contributed by atoms with Gasteiger partial charge in [-0.25, -0.2) is 0 Å². The highest BCUT2D eigenvalue weighted by molar-refractivity contribution is 5.51. The standard InChI is InChI=1S/C13H19NO3.ClH/c1-2-14-7-4-8-15-11-5-3-6-12-13(11)17-10-9-16-12;/h3,5-6,14H,2,4,7-10H2,1H3;1H/p-1. The number of ether oxygens (including phenoxy) is 3. The number of rotatable bonds is 6. The lowest BCUT2D eigenvalue weighted by Gasteiger charge is -2.20. The van der Waals surface area contributed by atoms with Gasteiger partial charge in [-0.1, -0.05) is 13.0 Å².